The zero-order chi connectivity index (χ0) is 12.8. The van der Waals surface area contributed by atoms with Gasteiger partial charge in [-0.2, -0.15) is 0 Å². The van der Waals surface area contributed by atoms with Gasteiger partial charge in [0.25, 0.3) is 5.91 Å². The first-order valence-electron chi connectivity index (χ1n) is 5.40. The van der Waals surface area contributed by atoms with Crippen LogP contribution in [0.4, 0.5) is 0 Å². The molecule has 1 unspecified atom stereocenters. The second kappa shape index (κ2) is 6.60. The Morgan fingerprint density at radius 1 is 1.31 bits per heavy atom. The average Bonchev–Trinajstić information content (AvgIpc) is 2.14. The van der Waals surface area contributed by atoms with E-state index in [9.17, 15) is 9.59 Å². The van der Waals surface area contributed by atoms with Crippen LogP contribution in [-0.2, 0) is 14.3 Å². The molecule has 0 aromatic rings. The molecule has 94 valence electrons. The first kappa shape index (κ1) is 15.1. The van der Waals surface area contributed by atoms with Gasteiger partial charge < -0.3 is 15.4 Å². The molecular formula is C11H22N2O3. The predicted octanol–water partition coefficient (Wildman–Crippen LogP) is 0.0947. The van der Waals surface area contributed by atoms with Crippen LogP contribution in [0.25, 0.3) is 0 Å². The number of methoxy groups -OCH3 is 1. The molecule has 16 heavy (non-hydrogen) atoms. The van der Waals surface area contributed by atoms with Crippen molar-refractivity contribution in [1.82, 2.24) is 10.6 Å². The Balaban J connectivity index is 4.52. The van der Waals surface area contributed by atoms with Crippen molar-refractivity contribution in [2.45, 2.75) is 39.3 Å². The lowest BCUT2D eigenvalue weighted by Gasteiger charge is -2.26. The molecular weight excluding hydrogens is 208 g/mol. The quantitative estimate of drug-likeness (QED) is 0.635. The zero-order valence-electron chi connectivity index (χ0n) is 10.7. The van der Waals surface area contributed by atoms with Crippen LogP contribution in [0, 0.1) is 0 Å². The highest BCUT2D eigenvalue weighted by molar-refractivity contribution is 6.38. The van der Waals surface area contributed by atoms with E-state index in [4.69, 9.17) is 4.74 Å². The summed E-state index contributed by atoms with van der Waals surface area (Å²) < 4.78 is 4.94. The number of ketones is 1. The number of ether oxygens (including phenoxy) is 1. The van der Waals surface area contributed by atoms with Crippen LogP contribution in [0.2, 0.25) is 0 Å². The van der Waals surface area contributed by atoms with Gasteiger partial charge in [-0.05, 0) is 27.7 Å². The summed E-state index contributed by atoms with van der Waals surface area (Å²) in [6.07, 6.45) is 0. The first-order chi connectivity index (χ1) is 7.31. The minimum absolute atomic E-state index is 0.188. The molecule has 0 aliphatic heterocycles. The van der Waals surface area contributed by atoms with Crippen molar-refractivity contribution in [3.63, 3.8) is 0 Å². The molecule has 0 saturated heterocycles. The molecule has 0 spiro atoms. The molecule has 0 rings (SSSR count). The Morgan fingerprint density at radius 2 is 1.88 bits per heavy atom. The van der Waals surface area contributed by atoms with Gasteiger partial charge in [0.1, 0.15) is 6.04 Å². The number of likely N-dealkylation sites (N-methyl/N-ethyl adjacent to an activating group) is 1. The number of amides is 1. The van der Waals surface area contributed by atoms with Crippen molar-refractivity contribution in [2.24, 2.45) is 0 Å². The fraction of sp³-hybridized carbons (Fsp3) is 0.818. The van der Waals surface area contributed by atoms with Crippen molar-refractivity contribution < 1.29 is 14.3 Å². The maximum Gasteiger partial charge on any atom is 0.289 e. The topological polar surface area (TPSA) is 67.4 Å². The number of hydrogen-bond acceptors (Lipinski definition) is 4. The molecule has 1 amide bonds. The Labute approximate surface area is 96.9 Å². The van der Waals surface area contributed by atoms with E-state index in [-0.39, 0.29) is 12.1 Å². The SMILES string of the molecule is CCNC(=O)C(=O)C(COC)NC(C)(C)C. The first-order valence-corrected chi connectivity index (χ1v) is 5.40. The molecule has 5 nitrogen and oxygen atoms in total. The lowest BCUT2D eigenvalue weighted by atomic mass is 10.0. The van der Waals surface area contributed by atoms with Gasteiger partial charge in [-0.3, -0.25) is 9.59 Å². The summed E-state index contributed by atoms with van der Waals surface area (Å²) in [6.45, 7) is 8.20. The summed E-state index contributed by atoms with van der Waals surface area (Å²) >= 11 is 0. The van der Waals surface area contributed by atoms with E-state index in [0.29, 0.717) is 6.54 Å². The van der Waals surface area contributed by atoms with Crippen LogP contribution in [0.5, 0.6) is 0 Å². The van der Waals surface area contributed by atoms with Gasteiger partial charge >= 0.3 is 0 Å². The highest BCUT2D eigenvalue weighted by atomic mass is 16.5. The van der Waals surface area contributed by atoms with Crippen LogP contribution < -0.4 is 10.6 Å². The van der Waals surface area contributed by atoms with Gasteiger partial charge in [-0.25, -0.2) is 0 Å². The van der Waals surface area contributed by atoms with E-state index in [1.807, 2.05) is 20.8 Å². The van der Waals surface area contributed by atoms with Gasteiger partial charge in [-0.1, -0.05) is 0 Å². The fourth-order valence-corrected chi connectivity index (χ4v) is 1.28. The summed E-state index contributed by atoms with van der Waals surface area (Å²) in [5, 5.41) is 5.55. The molecule has 0 aromatic heterocycles. The molecule has 1 atom stereocenters. The highest BCUT2D eigenvalue weighted by Gasteiger charge is 2.28. The minimum atomic E-state index is -0.600. The maximum atomic E-state index is 11.7. The third-order valence-corrected chi connectivity index (χ3v) is 1.82. The third-order valence-electron chi connectivity index (χ3n) is 1.82. The molecule has 0 aliphatic rings. The molecule has 0 fully saturated rings. The normalized spacial score (nSPS) is 13.3. The monoisotopic (exact) mass is 230 g/mol. The van der Waals surface area contributed by atoms with Crippen molar-refractivity contribution in [1.29, 1.82) is 0 Å². The summed E-state index contributed by atoms with van der Waals surface area (Å²) in [4.78, 5) is 23.1. The summed E-state index contributed by atoms with van der Waals surface area (Å²) in [5.74, 6) is -1.06. The Hall–Kier alpha value is -0.940. The number of carbonyl (C=O) groups is 2. The number of hydrogen-bond donors (Lipinski definition) is 2. The molecule has 0 radical (unpaired) electrons. The van der Waals surface area contributed by atoms with Crippen LogP contribution in [-0.4, -0.2) is 43.5 Å². The third kappa shape index (κ3) is 5.82. The minimum Gasteiger partial charge on any atom is -0.383 e. The van der Waals surface area contributed by atoms with E-state index in [2.05, 4.69) is 10.6 Å². The summed E-state index contributed by atoms with van der Waals surface area (Å²) in [7, 11) is 1.50. The van der Waals surface area contributed by atoms with Crippen molar-refractivity contribution in [2.75, 3.05) is 20.3 Å². The smallest absolute Gasteiger partial charge is 0.289 e. The van der Waals surface area contributed by atoms with Gasteiger partial charge in [-0.15, -0.1) is 0 Å². The number of nitrogens with one attached hydrogen (secondary N) is 2. The van der Waals surface area contributed by atoms with Gasteiger partial charge in [0.2, 0.25) is 5.78 Å². The van der Waals surface area contributed by atoms with Gasteiger partial charge in [0.05, 0.1) is 6.61 Å². The van der Waals surface area contributed by atoms with E-state index in [0.717, 1.165) is 0 Å². The van der Waals surface area contributed by atoms with Gasteiger partial charge in [0, 0.05) is 19.2 Å². The molecule has 0 bridgehead atoms. The number of rotatable bonds is 6. The average molecular weight is 230 g/mol. The lowest BCUT2D eigenvalue weighted by molar-refractivity contribution is -0.140. The van der Waals surface area contributed by atoms with E-state index < -0.39 is 17.7 Å². The van der Waals surface area contributed by atoms with Gasteiger partial charge in [0.15, 0.2) is 0 Å². The largest absolute Gasteiger partial charge is 0.383 e. The van der Waals surface area contributed by atoms with E-state index >= 15 is 0 Å². The Morgan fingerprint density at radius 3 is 2.25 bits per heavy atom. The molecule has 0 heterocycles. The maximum absolute atomic E-state index is 11.7. The van der Waals surface area contributed by atoms with Crippen LogP contribution in [0.1, 0.15) is 27.7 Å². The Kier molecular flexibility index (Phi) is 6.21. The molecule has 5 heteroatoms. The molecule has 0 saturated carbocycles. The van der Waals surface area contributed by atoms with Crippen LogP contribution >= 0.6 is 0 Å². The standard InChI is InChI=1S/C11H22N2O3/c1-6-12-10(15)9(14)8(7-16-5)13-11(2,3)4/h8,13H,6-7H2,1-5H3,(H,12,15). The van der Waals surface area contributed by atoms with Crippen molar-refractivity contribution in [3.8, 4) is 0 Å². The van der Waals surface area contributed by atoms with Crippen molar-refractivity contribution >= 4 is 11.7 Å². The summed E-state index contributed by atoms with van der Waals surface area (Å²) in [5.41, 5.74) is -0.245. The Bertz CT molecular complexity index is 246. The van der Waals surface area contributed by atoms with Crippen LogP contribution in [0.15, 0.2) is 0 Å². The van der Waals surface area contributed by atoms with E-state index in [1.54, 1.807) is 6.92 Å². The summed E-state index contributed by atoms with van der Waals surface area (Å²) in [6, 6.07) is -0.600. The highest BCUT2D eigenvalue weighted by Crippen LogP contribution is 2.02. The van der Waals surface area contributed by atoms with Crippen LogP contribution in [0.3, 0.4) is 0 Å². The molecule has 0 aliphatic carbocycles. The fourth-order valence-electron chi connectivity index (χ4n) is 1.28. The number of carbonyl (C=O) groups excluding carboxylic acids is 2. The number of Topliss-reactive ketones (excluding diaryl/α,β-unsaturated/α-hetero) is 1. The zero-order valence-corrected chi connectivity index (χ0v) is 10.7. The van der Waals surface area contributed by atoms with E-state index in [1.165, 1.54) is 7.11 Å². The van der Waals surface area contributed by atoms with Crippen molar-refractivity contribution in [3.05, 3.63) is 0 Å². The molecule has 2 N–H and O–H groups in total. The predicted molar refractivity (Wildman–Crippen MR) is 62.2 cm³/mol. The second-order valence-corrected chi connectivity index (χ2v) is 4.63. The lowest BCUT2D eigenvalue weighted by Crippen LogP contribution is -2.53. The molecule has 0 aromatic carbocycles. The second-order valence-electron chi connectivity index (χ2n) is 4.63.